The summed E-state index contributed by atoms with van der Waals surface area (Å²) in [5, 5.41) is 0.264. The molecule has 0 aliphatic carbocycles. The summed E-state index contributed by atoms with van der Waals surface area (Å²) in [7, 11) is -1.47. The molecule has 0 bridgehead atoms. The summed E-state index contributed by atoms with van der Waals surface area (Å²) >= 11 is 6.10. The summed E-state index contributed by atoms with van der Waals surface area (Å²) in [6, 6.07) is 13.0. The van der Waals surface area contributed by atoms with Gasteiger partial charge in [0.25, 0.3) is 0 Å². The molecule has 8 heteroatoms. The second-order valence-corrected chi connectivity index (χ2v) is 9.61. The minimum Gasteiger partial charge on any atom is -0.340 e. The first-order valence-corrected chi connectivity index (χ1v) is 11.2. The molecule has 1 saturated heterocycles. The Labute approximate surface area is 169 Å². The van der Waals surface area contributed by atoms with Gasteiger partial charge in [-0.05, 0) is 17.7 Å². The molecule has 3 rings (SSSR count). The van der Waals surface area contributed by atoms with Crippen molar-refractivity contribution in [1.82, 2.24) is 9.80 Å². The van der Waals surface area contributed by atoms with Gasteiger partial charge in [0.1, 0.15) is 11.9 Å². The Morgan fingerprint density at radius 2 is 1.79 bits per heavy atom. The summed E-state index contributed by atoms with van der Waals surface area (Å²) in [6.45, 7) is 0.587. The first kappa shape index (κ1) is 20.8. The number of halogens is 2. The summed E-state index contributed by atoms with van der Waals surface area (Å²) in [5.41, 5.74) is 1.03. The zero-order valence-corrected chi connectivity index (χ0v) is 17.1. The molecule has 1 amide bonds. The number of likely N-dealkylation sites (N-methyl/N-ethyl adjacent to an activating group) is 1. The average molecular weight is 425 g/mol. The molecule has 1 unspecified atom stereocenters. The van der Waals surface area contributed by atoms with Crippen molar-refractivity contribution in [3.63, 3.8) is 0 Å². The van der Waals surface area contributed by atoms with Gasteiger partial charge in [-0.1, -0.05) is 48.0 Å². The van der Waals surface area contributed by atoms with E-state index in [-0.39, 0.29) is 47.6 Å². The maximum atomic E-state index is 14.1. The molecule has 1 heterocycles. The standard InChI is InChI=1S/C20H22ClFN2O3S/c1-23(14-16-17(21)8-5-9-18(16)22)20(25)19(15-6-3-2-4-7-15)24-10-12-28(26,27)13-11-24/h2-9,19H,10-14H2,1H3. The van der Waals surface area contributed by atoms with Crippen molar-refractivity contribution in [3.8, 4) is 0 Å². The van der Waals surface area contributed by atoms with E-state index in [1.165, 1.54) is 17.0 Å². The van der Waals surface area contributed by atoms with Crippen molar-refractivity contribution in [2.45, 2.75) is 12.6 Å². The van der Waals surface area contributed by atoms with Crippen LogP contribution < -0.4 is 0 Å². The fraction of sp³-hybridized carbons (Fsp3) is 0.350. The van der Waals surface area contributed by atoms with Gasteiger partial charge in [-0.25, -0.2) is 12.8 Å². The van der Waals surface area contributed by atoms with Crippen LogP contribution in [0.1, 0.15) is 17.2 Å². The van der Waals surface area contributed by atoms with Gasteiger partial charge in [-0.15, -0.1) is 0 Å². The lowest BCUT2D eigenvalue weighted by molar-refractivity contribution is -0.136. The molecule has 1 aliphatic heterocycles. The number of carbonyl (C=O) groups is 1. The molecule has 0 saturated carbocycles. The van der Waals surface area contributed by atoms with Crippen molar-refractivity contribution < 1.29 is 17.6 Å². The Morgan fingerprint density at radius 3 is 2.39 bits per heavy atom. The molecule has 2 aromatic rings. The van der Waals surface area contributed by atoms with Crippen molar-refractivity contribution in [2.75, 3.05) is 31.6 Å². The molecule has 28 heavy (non-hydrogen) atoms. The van der Waals surface area contributed by atoms with E-state index in [1.54, 1.807) is 13.1 Å². The van der Waals surface area contributed by atoms with E-state index in [9.17, 15) is 17.6 Å². The summed E-state index contributed by atoms with van der Waals surface area (Å²) < 4.78 is 37.7. The molecule has 0 radical (unpaired) electrons. The lowest BCUT2D eigenvalue weighted by atomic mass is 10.0. The SMILES string of the molecule is CN(Cc1c(F)cccc1Cl)C(=O)C(c1ccccc1)N1CCS(=O)(=O)CC1. The van der Waals surface area contributed by atoms with E-state index in [0.29, 0.717) is 0 Å². The Bertz CT molecular complexity index is 919. The van der Waals surface area contributed by atoms with Gasteiger partial charge in [-0.2, -0.15) is 0 Å². The summed E-state index contributed by atoms with van der Waals surface area (Å²) in [6.07, 6.45) is 0. The van der Waals surface area contributed by atoms with E-state index in [2.05, 4.69) is 0 Å². The number of hydrogen-bond acceptors (Lipinski definition) is 4. The Hall–Kier alpha value is -1.96. The maximum Gasteiger partial charge on any atom is 0.244 e. The number of nitrogens with zero attached hydrogens (tertiary/aromatic N) is 2. The van der Waals surface area contributed by atoms with Crippen LogP contribution in [-0.2, 0) is 21.2 Å². The zero-order chi connectivity index (χ0) is 20.3. The van der Waals surface area contributed by atoms with Crippen LogP contribution in [-0.4, -0.2) is 55.8 Å². The minimum absolute atomic E-state index is 0.0203. The normalized spacial score (nSPS) is 17.8. The van der Waals surface area contributed by atoms with Crippen molar-refractivity contribution in [2.24, 2.45) is 0 Å². The van der Waals surface area contributed by atoms with Crippen molar-refractivity contribution in [1.29, 1.82) is 0 Å². The van der Waals surface area contributed by atoms with Gasteiger partial charge in [0.15, 0.2) is 9.84 Å². The van der Waals surface area contributed by atoms with E-state index in [0.717, 1.165) is 5.56 Å². The highest BCUT2D eigenvalue weighted by Crippen LogP contribution is 2.27. The molecule has 1 aliphatic rings. The zero-order valence-electron chi connectivity index (χ0n) is 15.5. The number of hydrogen-bond donors (Lipinski definition) is 0. The molecule has 0 spiro atoms. The highest BCUT2D eigenvalue weighted by Gasteiger charge is 2.34. The molecule has 5 nitrogen and oxygen atoms in total. The minimum atomic E-state index is -3.07. The van der Waals surface area contributed by atoms with E-state index >= 15 is 0 Å². The largest absolute Gasteiger partial charge is 0.340 e. The molecular weight excluding hydrogens is 403 g/mol. The lowest BCUT2D eigenvalue weighted by Crippen LogP contribution is -2.47. The number of benzene rings is 2. The van der Waals surface area contributed by atoms with Gasteiger partial charge < -0.3 is 4.90 Å². The third-order valence-corrected chi connectivity index (χ3v) is 6.89. The molecular formula is C20H22ClFN2O3S. The third kappa shape index (κ3) is 4.71. The first-order chi connectivity index (χ1) is 13.3. The third-order valence-electron chi connectivity index (χ3n) is 4.93. The Morgan fingerprint density at radius 1 is 1.14 bits per heavy atom. The number of sulfone groups is 1. The predicted molar refractivity (Wildman–Crippen MR) is 107 cm³/mol. The van der Waals surface area contributed by atoms with E-state index in [4.69, 9.17) is 11.6 Å². The molecule has 0 N–H and O–H groups in total. The van der Waals surface area contributed by atoms with Crippen LogP contribution in [0.2, 0.25) is 5.02 Å². The van der Waals surface area contributed by atoms with E-state index < -0.39 is 21.7 Å². The second kappa shape index (κ2) is 8.59. The van der Waals surface area contributed by atoms with Crippen LogP contribution in [0.3, 0.4) is 0 Å². The molecule has 2 aromatic carbocycles. The lowest BCUT2D eigenvalue weighted by Gasteiger charge is -2.36. The van der Waals surface area contributed by atoms with Gasteiger partial charge in [0.05, 0.1) is 11.5 Å². The Balaban J connectivity index is 1.86. The van der Waals surface area contributed by atoms with Crippen LogP contribution in [0, 0.1) is 5.82 Å². The van der Waals surface area contributed by atoms with Gasteiger partial charge in [0, 0.05) is 37.3 Å². The maximum absolute atomic E-state index is 14.1. The van der Waals surface area contributed by atoms with Crippen LogP contribution >= 0.6 is 11.6 Å². The highest BCUT2D eigenvalue weighted by atomic mass is 35.5. The van der Waals surface area contributed by atoms with E-state index in [1.807, 2.05) is 35.2 Å². The topological polar surface area (TPSA) is 57.7 Å². The fourth-order valence-corrected chi connectivity index (χ4v) is 4.79. The average Bonchev–Trinajstić information content (AvgIpc) is 2.67. The van der Waals surface area contributed by atoms with Crippen molar-refractivity contribution in [3.05, 3.63) is 70.5 Å². The van der Waals surface area contributed by atoms with Gasteiger partial charge >= 0.3 is 0 Å². The number of rotatable bonds is 5. The number of carbonyl (C=O) groups excluding carboxylic acids is 1. The Kier molecular flexibility index (Phi) is 6.37. The monoisotopic (exact) mass is 424 g/mol. The number of amides is 1. The van der Waals surface area contributed by atoms with Crippen molar-refractivity contribution >= 4 is 27.3 Å². The summed E-state index contributed by atoms with van der Waals surface area (Å²) in [5.74, 6) is -0.656. The molecule has 150 valence electrons. The molecule has 0 aromatic heterocycles. The van der Waals surface area contributed by atoms with Crippen LogP contribution in [0.15, 0.2) is 48.5 Å². The van der Waals surface area contributed by atoms with Crippen LogP contribution in [0.5, 0.6) is 0 Å². The van der Waals surface area contributed by atoms with Gasteiger partial charge in [0.2, 0.25) is 5.91 Å². The fourth-order valence-electron chi connectivity index (χ4n) is 3.34. The molecule has 1 atom stereocenters. The quantitative estimate of drug-likeness (QED) is 0.740. The molecule has 1 fully saturated rings. The first-order valence-electron chi connectivity index (χ1n) is 8.96. The van der Waals surface area contributed by atoms with Gasteiger partial charge in [-0.3, -0.25) is 9.69 Å². The van der Waals surface area contributed by atoms with Crippen LogP contribution in [0.25, 0.3) is 0 Å². The highest BCUT2D eigenvalue weighted by molar-refractivity contribution is 7.91. The second-order valence-electron chi connectivity index (χ2n) is 6.90. The summed E-state index contributed by atoms with van der Waals surface area (Å²) in [4.78, 5) is 16.6. The predicted octanol–water partition coefficient (Wildman–Crippen LogP) is 2.91. The van der Waals surface area contributed by atoms with Crippen LogP contribution in [0.4, 0.5) is 4.39 Å². The smallest absolute Gasteiger partial charge is 0.244 e.